The highest BCUT2D eigenvalue weighted by Gasteiger charge is 2.24. The van der Waals surface area contributed by atoms with Crippen molar-refractivity contribution in [1.82, 2.24) is 25.8 Å². The predicted octanol–water partition coefficient (Wildman–Crippen LogP) is 3.53. The monoisotopic (exact) mass is 471 g/mol. The number of pyridine rings is 1. The Hall–Kier alpha value is -3.07. The van der Waals surface area contributed by atoms with E-state index >= 15 is 0 Å². The molecule has 0 aliphatic carbocycles. The molecule has 0 aliphatic heterocycles. The number of halogens is 1. The summed E-state index contributed by atoms with van der Waals surface area (Å²) in [4.78, 5) is 32.9. The van der Waals surface area contributed by atoms with Crippen LogP contribution >= 0.6 is 15.9 Å². The highest BCUT2D eigenvalue weighted by molar-refractivity contribution is 9.10. The summed E-state index contributed by atoms with van der Waals surface area (Å²) in [5, 5.41) is 9.65. The van der Waals surface area contributed by atoms with Gasteiger partial charge in [0.1, 0.15) is 6.04 Å². The molecule has 9 heteroatoms. The second-order valence-corrected chi connectivity index (χ2v) is 7.91. The number of nitrogens with one attached hydrogen (secondary N) is 2. The van der Waals surface area contributed by atoms with Crippen LogP contribution in [-0.2, 0) is 4.79 Å². The van der Waals surface area contributed by atoms with Crippen LogP contribution in [0.4, 0.5) is 0 Å². The van der Waals surface area contributed by atoms with Gasteiger partial charge in [-0.1, -0.05) is 34.9 Å². The van der Waals surface area contributed by atoms with Gasteiger partial charge in [-0.2, -0.15) is 4.98 Å². The summed E-state index contributed by atoms with van der Waals surface area (Å²) in [6, 6.07) is 10.1. The van der Waals surface area contributed by atoms with Gasteiger partial charge in [0.25, 0.3) is 5.91 Å². The van der Waals surface area contributed by atoms with Crippen molar-refractivity contribution in [2.75, 3.05) is 6.54 Å². The molecule has 1 aromatic carbocycles. The highest BCUT2D eigenvalue weighted by Crippen LogP contribution is 2.23. The number of rotatable bonds is 8. The lowest BCUT2D eigenvalue weighted by Gasteiger charge is -2.18. The van der Waals surface area contributed by atoms with Crippen molar-refractivity contribution in [2.45, 2.75) is 26.3 Å². The smallest absolute Gasteiger partial charge is 0.251 e. The van der Waals surface area contributed by atoms with E-state index in [9.17, 15) is 9.59 Å². The van der Waals surface area contributed by atoms with Crippen LogP contribution in [0.15, 0.2) is 57.8 Å². The summed E-state index contributed by atoms with van der Waals surface area (Å²) in [7, 11) is 0. The fraction of sp³-hybridized carbons (Fsp3) is 0.286. The van der Waals surface area contributed by atoms with E-state index < -0.39 is 6.04 Å². The van der Waals surface area contributed by atoms with Crippen LogP contribution in [0, 0.1) is 5.92 Å². The first-order valence-corrected chi connectivity index (χ1v) is 10.3. The van der Waals surface area contributed by atoms with Gasteiger partial charge in [-0.25, -0.2) is 0 Å². The molecule has 0 fully saturated rings. The van der Waals surface area contributed by atoms with E-state index in [2.05, 4.69) is 41.7 Å². The number of benzene rings is 1. The maximum Gasteiger partial charge on any atom is 0.251 e. The van der Waals surface area contributed by atoms with Gasteiger partial charge in [-0.05, 0) is 42.3 Å². The lowest BCUT2D eigenvalue weighted by atomic mass is 10.0. The molecular formula is C21H22BrN5O3. The molecule has 2 heterocycles. The van der Waals surface area contributed by atoms with Crippen LogP contribution in [-0.4, -0.2) is 33.5 Å². The SMILES string of the molecule is CC(C)C(NC(=O)CCNC(=O)c1ccc(Br)cc1)c1nc(-c2ccncc2)no1. The quantitative estimate of drug-likeness (QED) is 0.519. The highest BCUT2D eigenvalue weighted by atomic mass is 79.9. The maximum atomic E-state index is 12.4. The van der Waals surface area contributed by atoms with Crippen molar-refractivity contribution in [2.24, 2.45) is 5.92 Å². The molecule has 0 bridgehead atoms. The topological polar surface area (TPSA) is 110 Å². The molecule has 0 aliphatic rings. The molecule has 0 radical (unpaired) electrons. The fourth-order valence-corrected chi connectivity index (χ4v) is 3.00. The van der Waals surface area contributed by atoms with Crippen molar-refractivity contribution in [3.05, 3.63) is 64.7 Å². The maximum absolute atomic E-state index is 12.4. The lowest BCUT2D eigenvalue weighted by molar-refractivity contribution is -0.122. The fourth-order valence-electron chi connectivity index (χ4n) is 2.73. The zero-order valence-electron chi connectivity index (χ0n) is 16.6. The van der Waals surface area contributed by atoms with E-state index in [1.165, 1.54) is 0 Å². The molecule has 3 aromatic rings. The summed E-state index contributed by atoms with van der Waals surface area (Å²) < 4.78 is 6.28. The molecule has 2 amide bonds. The van der Waals surface area contributed by atoms with Gasteiger partial charge in [0, 0.05) is 41.0 Å². The minimum Gasteiger partial charge on any atom is -0.352 e. The first-order chi connectivity index (χ1) is 14.4. The Labute approximate surface area is 182 Å². The summed E-state index contributed by atoms with van der Waals surface area (Å²) >= 11 is 3.33. The number of nitrogens with zero attached hydrogens (tertiary/aromatic N) is 3. The molecule has 3 rings (SSSR count). The van der Waals surface area contributed by atoms with E-state index in [0.717, 1.165) is 10.0 Å². The number of carbonyl (C=O) groups is 2. The van der Waals surface area contributed by atoms with E-state index in [1.54, 1.807) is 48.8 Å². The first kappa shape index (κ1) is 21.6. The van der Waals surface area contributed by atoms with Gasteiger partial charge in [0.05, 0.1) is 0 Å². The summed E-state index contributed by atoms with van der Waals surface area (Å²) in [5.41, 5.74) is 1.32. The summed E-state index contributed by atoms with van der Waals surface area (Å²) in [5.74, 6) is 0.373. The van der Waals surface area contributed by atoms with Gasteiger partial charge in [-0.15, -0.1) is 0 Å². The third-order valence-corrected chi connectivity index (χ3v) is 4.90. The Balaban J connectivity index is 1.55. The van der Waals surface area contributed by atoms with Gasteiger partial charge in [0.2, 0.25) is 17.6 Å². The van der Waals surface area contributed by atoms with Crippen molar-refractivity contribution in [3.63, 3.8) is 0 Å². The number of carbonyl (C=O) groups excluding carboxylic acids is 2. The molecule has 1 unspecified atom stereocenters. The standard InChI is InChI=1S/C21H22BrN5O3/c1-13(2)18(21-26-19(27-30-21)14-7-10-23-11-8-14)25-17(28)9-12-24-20(29)15-3-5-16(22)6-4-15/h3-8,10-11,13,18H,9,12H2,1-2H3,(H,24,29)(H,25,28). The van der Waals surface area contributed by atoms with Crippen LogP contribution in [0.25, 0.3) is 11.4 Å². The van der Waals surface area contributed by atoms with Crippen molar-refractivity contribution in [3.8, 4) is 11.4 Å². The van der Waals surface area contributed by atoms with Gasteiger partial charge < -0.3 is 15.2 Å². The Kier molecular flexibility index (Phi) is 7.29. The van der Waals surface area contributed by atoms with Gasteiger partial charge in [-0.3, -0.25) is 14.6 Å². The molecule has 0 saturated heterocycles. The van der Waals surface area contributed by atoms with Crippen molar-refractivity contribution < 1.29 is 14.1 Å². The molecule has 30 heavy (non-hydrogen) atoms. The molecule has 0 spiro atoms. The number of hydrogen-bond acceptors (Lipinski definition) is 6. The zero-order chi connectivity index (χ0) is 21.5. The Morgan fingerprint density at radius 2 is 1.80 bits per heavy atom. The molecule has 2 aromatic heterocycles. The van der Waals surface area contributed by atoms with Crippen LogP contribution in [0.3, 0.4) is 0 Å². The summed E-state index contributed by atoms with van der Waals surface area (Å²) in [6.45, 7) is 4.13. The Morgan fingerprint density at radius 1 is 1.10 bits per heavy atom. The van der Waals surface area contributed by atoms with Gasteiger partial charge in [0.15, 0.2) is 0 Å². The lowest BCUT2D eigenvalue weighted by Crippen LogP contribution is -2.35. The largest absolute Gasteiger partial charge is 0.352 e. The summed E-state index contributed by atoms with van der Waals surface area (Å²) in [6.07, 6.45) is 3.43. The number of amides is 2. The number of aromatic nitrogens is 3. The molecule has 0 saturated carbocycles. The van der Waals surface area contributed by atoms with E-state index in [4.69, 9.17) is 4.52 Å². The Bertz CT molecular complexity index is 989. The minimum absolute atomic E-state index is 0.0389. The van der Waals surface area contributed by atoms with Gasteiger partial charge >= 0.3 is 0 Å². The molecule has 2 N–H and O–H groups in total. The second-order valence-electron chi connectivity index (χ2n) is 6.99. The van der Waals surface area contributed by atoms with Crippen LogP contribution in [0.5, 0.6) is 0 Å². The minimum atomic E-state index is -0.428. The predicted molar refractivity (Wildman–Crippen MR) is 114 cm³/mol. The molecule has 156 valence electrons. The second kappa shape index (κ2) is 10.1. The third-order valence-electron chi connectivity index (χ3n) is 4.37. The van der Waals surface area contributed by atoms with Crippen molar-refractivity contribution >= 4 is 27.7 Å². The van der Waals surface area contributed by atoms with Crippen LogP contribution in [0.2, 0.25) is 0 Å². The molecular weight excluding hydrogens is 450 g/mol. The average molecular weight is 472 g/mol. The average Bonchev–Trinajstić information content (AvgIpc) is 3.22. The van der Waals surface area contributed by atoms with Crippen molar-refractivity contribution in [1.29, 1.82) is 0 Å². The van der Waals surface area contributed by atoms with E-state index in [0.29, 0.717) is 17.3 Å². The normalized spacial score (nSPS) is 11.9. The van der Waals surface area contributed by atoms with E-state index in [1.807, 2.05) is 13.8 Å². The third kappa shape index (κ3) is 5.73. The first-order valence-electron chi connectivity index (χ1n) is 9.51. The van der Waals surface area contributed by atoms with E-state index in [-0.39, 0.29) is 30.7 Å². The number of hydrogen-bond donors (Lipinski definition) is 2. The molecule has 1 atom stereocenters. The molecule has 8 nitrogen and oxygen atoms in total. The Morgan fingerprint density at radius 3 is 2.47 bits per heavy atom. The van der Waals surface area contributed by atoms with Crippen LogP contribution < -0.4 is 10.6 Å². The zero-order valence-corrected chi connectivity index (χ0v) is 18.2. The van der Waals surface area contributed by atoms with Crippen LogP contribution in [0.1, 0.15) is 42.6 Å².